The number of rotatable bonds is 7. The molecule has 1 aromatic rings. The Hall–Kier alpha value is -0.920. The van der Waals surface area contributed by atoms with Crippen LogP contribution in [0.3, 0.4) is 0 Å². The minimum absolute atomic E-state index is 0.0596. The van der Waals surface area contributed by atoms with E-state index in [4.69, 9.17) is 9.63 Å². The second kappa shape index (κ2) is 5.81. The minimum Gasteiger partial charge on any atom is -0.396 e. The van der Waals surface area contributed by atoms with Gasteiger partial charge in [0.15, 0.2) is 0 Å². The molecule has 1 aromatic heterocycles. The van der Waals surface area contributed by atoms with Crippen molar-refractivity contribution in [1.29, 1.82) is 0 Å². The van der Waals surface area contributed by atoms with Gasteiger partial charge in [-0.1, -0.05) is 12.1 Å². The van der Waals surface area contributed by atoms with E-state index in [0.29, 0.717) is 24.3 Å². The van der Waals surface area contributed by atoms with Crippen molar-refractivity contribution in [2.75, 3.05) is 6.61 Å². The zero-order valence-electron chi connectivity index (χ0n) is 10.9. The van der Waals surface area contributed by atoms with Crippen LogP contribution in [0.4, 0.5) is 0 Å². The van der Waals surface area contributed by atoms with E-state index in [9.17, 15) is 8.42 Å². The van der Waals surface area contributed by atoms with Crippen LogP contribution in [-0.4, -0.2) is 30.8 Å². The van der Waals surface area contributed by atoms with Gasteiger partial charge in [0.25, 0.3) is 0 Å². The van der Waals surface area contributed by atoms with E-state index in [1.54, 1.807) is 19.9 Å². The molecule has 104 valence electrons. The van der Waals surface area contributed by atoms with Gasteiger partial charge in [-0.2, -0.15) is 0 Å². The second-order valence-electron chi connectivity index (χ2n) is 4.68. The summed E-state index contributed by atoms with van der Waals surface area (Å²) < 4.78 is 31.4. The van der Waals surface area contributed by atoms with Crippen molar-refractivity contribution >= 4 is 10.0 Å². The fraction of sp³-hybridized carbons (Fsp3) is 0.727. The monoisotopic (exact) mass is 276 g/mol. The predicted octanol–water partition coefficient (Wildman–Crippen LogP) is 0.954. The maximum absolute atomic E-state index is 12.0. The highest BCUT2D eigenvalue weighted by atomic mass is 32.2. The molecule has 0 aliphatic heterocycles. The van der Waals surface area contributed by atoms with E-state index in [0.717, 1.165) is 0 Å². The second-order valence-corrected chi connectivity index (χ2v) is 6.40. The topological polar surface area (TPSA) is 92.4 Å². The molecule has 0 amide bonds. The predicted molar refractivity (Wildman–Crippen MR) is 67.4 cm³/mol. The number of aliphatic hydroxyl groups excluding tert-OH is 1. The van der Waals surface area contributed by atoms with Crippen LogP contribution in [0.25, 0.3) is 0 Å². The summed E-state index contributed by atoms with van der Waals surface area (Å²) in [6.45, 7) is 5.29. The van der Waals surface area contributed by atoms with Crippen molar-refractivity contribution in [2.24, 2.45) is 0 Å². The van der Waals surface area contributed by atoms with Crippen LogP contribution in [0, 0.1) is 6.92 Å². The summed E-state index contributed by atoms with van der Waals surface area (Å²) in [7, 11) is -3.50. The Morgan fingerprint density at radius 1 is 1.56 bits per heavy atom. The average Bonchev–Trinajstić information content (AvgIpc) is 2.62. The molecule has 7 heteroatoms. The highest BCUT2D eigenvalue weighted by Crippen LogP contribution is 2.17. The average molecular weight is 276 g/mol. The van der Waals surface area contributed by atoms with Crippen molar-refractivity contribution in [2.45, 2.75) is 44.9 Å². The third kappa shape index (κ3) is 4.40. The zero-order chi connectivity index (χ0) is 13.8. The summed E-state index contributed by atoms with van der Waals surface area (Å²) in [6, 6.07) is 1.59. The van der Waals surface area contributed by atoms with Gasteiger partial charge in [-0.3, -0.25) is 0 Å². The van der Waals surface area contributed by atoms with Gasteiger partial charge in [-0.25, -0.2) is 13.1 Å². The molecule has 6 nitrogen and oxygen atoms in total. The summed E-state index contributed by atoms with van der Waals surface area (Å²) in [5, 5.41) is 12.6. The van der Waals surface area contributed by atoms with Gasteiger partial charge in [-0.05, 0) is 26.7 Å². The first-order valence-electron chi connectivity index (χ1n) is 5.85. The maximum atomic E-state index is 12.0. The van der Waals surface area contributed by atoms with Crippen molar-refractivity contribution < 1.29 is 18.0 Å². The number of aromatic nitrogens is 1. The molecule has 1 unspecified atom stereocenters. The lowest BCUT2D eigenvalue weighted by Gasteiger charge is -2.28. The molecule has 0 fully saturated rings. The lowest BCUT2D eigenvalue weighted by atomic mass is 9.97. The van der Waals surface area contributed by atoms with Crippen molar-refractivity contribution in [3.8, 4) is 0 Å². The van der Waals surface area contributed by atoms with Crippen molar-refractivity contribution in [3.63, 3.8) is 0 Å². The molecule has 1 rings (SSSR count). The molecule has 0 aromatic carbocycles. The molecule has 0 radical (unpaired) electrons. The Bertz CT molecular complexity index is 483. The van der Waals surface area contributed by atoms with E-state index in [1.807, 2.05) is 6.92 Å². The highest BCUT2D eigenvalue weighted by Gasteiger charge is 2.28. The van der Waals surface area contributed by atoms with E-state index >= 15 is 0 Å². The van der Waals surface area contributed by atoms with Gasteiger partial charge in [0.2, 0.25) is 10.0 Å². The number of hydrogen-bond acceptors (Lipinski definition) is 5. The fourth-order valence-corrected chi connectivity index (χ4v) is 3.23. The Kier molecular flexibility index (Phi) is 4.89. The largest absolute Gasteiger partial charge is 0.396 e. The van der Waals surface area contributed by atoms with Crippen LogP contribution in [0.1, 0.15) is 38.1 Å². The van der Waals surface area contributed by atoms with Crippen LogP contribution in [0.2, 0.25) is 0 Å². The lowest BCUT2D eigenvalue weighted by molar-refractivity contribution is 0.233. The molecule has 0 saturated heterocycles. The summed E-state index contributed by atoms with van der Waals surface area (Å²) in [4.78, 5) is 0. The van der Waals surface area contributed by atoms with Gasteiger partial charge < -0.3 is 9.63 Å². The number of aryl methyl sites for hydroxylation is 1. The summed E-state index contributed by atoms with van der Waals surface area (Å²) in [6.07, 6.45) is 0.977. The number of aliphatic hydroxyl groups is 1. The minimum atomic E-state index is -3.50. The summed E-state index contributed by atoms with van der Waals surface area (Å²) in [5.41, 5.74) is -0.255. The van der Waals surface area contributed by atoms with Crippen LogP contribution in [0.15, 0.2) is 10.6 Å². The smallest absolute Gasteiger partial charge is 0.217 e. The van der Waals surface area contributed by atoms with E-state index in [-0.39, 0.29) is 12.4 Å². The maximum Gasteiger partial charge on any atom is 0.217 e. The number of sulfonamides is 1. The number of nitrogens with one attached hydrogen (secondary N) is 1. The van der Waals surface area contributed by atoms with Crippen LogP contribution >= 0.6 is 0 Å². The normalized spacial score (nSPS) is 15.6. The standard InChI is InChI=1S/C11H20N2O4S/c1-4-11(3,5-6-14)13-18(15,16)8-10-7-9(2)17-12-10/h7,13-14H,4-6,8H2,1-3H3. The van der Waals surface area contributed by atoms with Crippen LogP contribution in [-0.2, 0) is 15.8 Å². The molecule has 0 saturated carbocycles. The van der Waals surface area contributed by atoms with E-state index < -0.39 is 15.6 Å². The molecule has 18 heavy (non-hydrogen) atoms. The zero-order valence-corrected chi connectivity index (χ0v) is 11.7. The lowest BCUT2D eigenvalue weighted by Crippen LogP contribution is -2.46. The quantitative estimate of drug-likeness (QED) is 0.773. The third-order valence-corrected chi connectivity index (χ3v) is 4.34. The van der Waals surface area contributed by atoms with Gasteiger partial charge in [-0.15, -0.1) is 0 Å². The Morgan fingerprint density at radius 3 is 2.67 bits per heavy atom. The van der Waals surface area contributed by atoms with E-state index in [1.165, 1.54) is 0 Å². The van der Waals surface area contributed by atoms with Crippen molar-refractivity contribution in [1.82, 2.24) is 9.88 Å². The van der Waals surface area contributed by atoms with E-state index in [2.05, 4.69) is 9.88 Å². The van der Waals surface area contributed by atoms with Crippen molar-refractivity contribution in [3.05, 3.63) is 17.5 Å². The number of nitrogens with zero attached hydrogens (tertiary/aromatic N) is 1. The van der Waals surface area contributed by atoms with Crippen LogP contribution < -0.4 is 4.72 Å². The van der Waals surface area contributed by atoms with Gasteiger partial charge in [0.1, 0.15) is 17.2 Å². The first kappa shape index (κ1) is 15.1. The van der Waals surface area contributed by atoms with Gasteiger partial charge in [0, 0.05) is 18.2 Å². The highest BCUT2D eigenvalue weighted by molar-refractivity contribution is 7.88. The molecular weight excluding hydrogens is 256 g/mol. The Morgan fingerprint density at radius 2 is 2.22 bits per heavy atom. The van der Waals surface area contributed by atoms with Gasteiger partial charge >= 0.3 is 0 Å². The Balaban J connectivity index is 2.75. The van der Waals surface area contributed by atoms with Gasteiger partial charge in [0.05, 0.1) is 0 Å². The SMILES string of the molecule is CCC(C)(CCO)NS(=O)(=O)Cc1cc(C)on1. The summed E-state index contributed by atoms with van der Waals surface area (Å²) >= 11 is 0. The molecule has 2 N–H and O–H groups in total. The fourth-order valence-electron chi connectivity index (χ4n) is 1.64. The Labute approximate surface area is 107 Å². The first-order valence-corrected chi connectivity index (χ1v) is 7.50. The summed E-state index contributed by atoms with van der Waals surface area (Å²) in [5.74, 6) is 0.361. The molecule has 0 spiro atoms. The molecular formula is C11H20N2O4S. The molecule has 1 atom stereocenters. The molecule has 0 bridgehead atoms. The van der Waals surface area contributed by atoms with Crippen LogP contribution in [0.5, 0.6) is 0 Å². The number of hydrogen-bond donors (Lipinski definition) is 2. The molecule has 1 heterocycles. The molecule has 0 aliphatic carbocycles. The third-order valence-electron chi connectivity index (χ3n) is 2.86. The first-order chi connectivity index (χ1) is 8.30. The molecule has 0 aliphatic rings.